The van der Waals surface area contributed by atoms with E-state index in [1.54, 1.807) is 0 Å². The number of aliphatic hydroxyl groups excluding tert-OH is 1. The molecule has 0 amide bonds. The van der Waals surface area contributed by atoms with Crippen LogP contribution in [0.3, 0.4) is 0 Å². The third-order valence-electron chi connectivity index (χ3n) is 4.05. The van der Waals surface area contributed by atoms with Crippen LogP contribution in [-0.2, 0) is 24.1 Å². The van der Waals surface area contributed by atoms with Gasteiger partial charge in [0.25, 0.3) is 0 Å². The monoisotopic (exact) mass is 282 g/mol. The summed E-state index contributed by atoms with van der Waals surface area (Å²) < 4.78 is 5.25. The molecule has 0 unspecified atom stereocenters. The van der Waals surface area contributed by atoms with Crippen molar-refractivity contribution >= 4 is 11.3 Å². The Bertz CT molecular complexity index is 414. The fourth-order valence-electron chi connectivity index (χ4n) is 2.96. The van der Waals surface area contributed by atoms with Gasteiger partial charge in [-0.2, -0.15) is 0 Å². The van der Waals surface area contributed by atoms with Crippen LogP contribution in [0.15, 0.2) is 0 Å². The number of ether oxygens (including phenoxy) is 1. The van der Waals surface area contributed by atoms with E-state index in [9.17, 15) is 5.11 Å². The number of hydrogen-bond acceptors (Lipinski definition) is 5. The van der Waals surface area contributed by atoms with Gasteiger partial charge in [-0.15, -0.1) is 11.3 Å². The van der Waals surface area contributed by atoms with Gasteiger partial charge in [0.1, 0.15) is 5.01 Å². The molecule has 3 rings (SSSR count). The number of aryl methyl sites for hydroxylation is 2. The minimum absolute atomic E-state index is 0.0361. The quantitative estimate of drug-likeness (QED) is 0.888. The molecular weight excluding hydrogens is 260 g/mol. The highest BCUT2D eigenvalue weighted by Gasteiger charge is 2.39. The molecule has 106 valence electrons. The Balaban J connectivity index is 1.59. The van der Waals surface area contributed by atoms with Crippen molar-refractivity contribution < 1.29 is 9.84 Å². The largest absolute Gasteiger partial charge is 0.396 e. The summed E-state index contributed by atoms with van der Waals surface area (Å²) in [5.74, 6) is 0. The van der Waals surface area contributed by atoms with E-state index in [0.29, 0.717) is 13.2 Å². The van der Waals surface area contributed by atoms with Gasteiger partial charge >= 0.3 is 0 Å². The molecule has 1 saturated heterocycles. The van der Waals surface area contributed by atoms with E-state index in [0.717, 1.165) is 19.5 Å². The number of rotatable bonds is 5. The van der Waals surface area contributed by atoms with Gasteiger partial charge in [-0.1, -0.05) is 0 Å². The van der Waals surface area contributed by atoms with E-state index in [1.165, 1.54) is 34.8 Å². The number of fused-ring (bicyclic) bond motifs is 1. The Morgan fingerprint density at radius 3 is 2.79 bits per heavy atom. The summed E-state index contributed by atoms with van der Waals surface area (Å²) in [4.78, 5) is 8.54. The lowest BCUT2D eigenvalue weighted by Gasteiger charge is -2.42. The third-order valence-corrected chi connectivity index (χ3v) is 5.19. The average molecular weight is 282 g/mol. The van der Waals surface area contributed by atoms with Crippen molar-refractivity contribution in [2.75, 3.05) is 33.4 Å². The summed E-state index contributed by atoms with van der Waals surface area (Å²) in [5, 5.41) is 10.7. The van der Waals surface area contributed by atoms with Crippen LogP contribution in [0, 0.1) is 5.41 Å². The molecule has 0 saturated carbocycles. The molecule has 5 heteroatoms. The fraction of sp³-hybridized carbons (Fsp3) is 0.786. The van der Waals surface area contributed by atoms with E-state index in [2.05, 4.69) is 11.9 Å². The highest BCUT2D eigenvalue weighted by molar-refractivity contribution is 7.11. The van der Waals surface area contributed by atoms with Crippen LogP contribution in [0.25, 0.3) is 0 Å². The van der Waals surface area contributed by atoms with Crippen molar-refractivity contribution in [3.8, 4) is 0 Å². The molecule has 1 N–H and O–H groups in total. The number of aliphatic hydroxyl groups is 1. The van der Waals surface area contributed by atoms with Crippen molar-refractivity contribution in [3.05, 3.63) is 15.6 Å². The zero-order valence-corrected chi connectivity index (χ0v) is 12.3. The minimum atomic E-state index is -0.0361. The highest BCUT2D eigenvalue weighted by Crippen LogP contribution is 2.30. The molecule has 0 radical (unpaired) electrons. The first-order chi connectivity index (χ1) is 9.21. The zero-order valence-electron chi connectivity index (χ0n) is 11.5. The summed E-state index contributed by atoms with van der Waals surface area (Å²) in [5.41, 5.74) is 1.30. The van der Waals surface area contributed by atoms with Gasteiger partial charge < -0.3 is 9.84 Å². The second-order valence-electron chi connectivity index (χ2n) is 6.01. The third kappa shape index (κ3) is 2.84. The van der Waals surface area contributed by atoms with Crippen molar-refractivity contribution in [2.24, 2.45) is 5.41 Å². The first kappa shape index (κ1) is 13.5. The number of hydrogen-bond donors (Lipinski definition) is 1. The van der Waals surface area contributed by atoms with Gasteiger partial charge in [0.2, 0.25) is 0 Å². The fourth-order valence-corrected chi connectivity index (χ4v) is 4.19. The first-order valence-corrected chi connectivity index (χ1v) is 7.87. The van der Waals surface area contributed by atoms with Crippen molar-refractivity contribution in [2.45, 2.75) is 32.2 Å². The normalized spacial score (nSPS) is 21.2. The first-order valence-electron chi connectivity index (χ1n) is 7.05. The summed E-state index contributed by atoms with van der Waals surface area (Å²) in [6.07, 6.45) is 4.97. The van der Waals surface area contributed by atoms with E-state index in [1.807, 2.05) is 11.3 Å². The molecule has 0 bridgehead atoms. The summed E-state index contributed by atoms with van der Waals surface area (Å²) in [6, 6.07) is 0. The topological polar surface area (TPSA) is 45.6 Å². The van der Waals surface area contributed by atoms with E-state index < -0.39 is 0 Å². The molecule has 19 heavy (non-hydrogen) atoms. The predicted octanol–water partition coefficient (Wildman–Crippen LogP) is 1.46. The molecule has 0 spiro atoms. The lowest BCUT2D eigenvalue weighted by Crippen LogP contribution is -2.52. The van der Waals surface area contributed by atoms with Crippen LogP contribution < -0.4 is 0 Å². The average Bonchev–Trinajstić information content (AvgIpc) is 2.75. The van der Waals surface area contributed by atoms with Gasteiger partial charge in [-0.3, -0.25) is 4.90 Å². The highest BCUT2D eigenvalue weighted by atomic mass is 32.1. The molecule has 0 aromatic carbocycles. The van der Waals surface area contributed by atoms with Gasteiger partial charge in [0.15, 0.2) is 0 Å². The molecule has 2 aliphatic rings. The van der Waals surface area contributed by atoms with Crippen molar-refractivity contribution in [1.29, 1.82) is 0 Å². The van der Waals surface area contributed by atoms with Crippen molar-refractivity contribution in [1.82, 2.24) is 9.88 Å². The maximum absolute atomic E-state index is 9.46. The van der Waals surface area contributed by atoms with Crippen LogP contribution in [0.5, 0.6) is 0 Å². The van der Waals surface area contributed by atoms with E-state index >= 15 is 0 Å². The van der Waals surface area contributed by atoms with Crippen LogP contribution in [-0.4, -0.2) is 48.4 Å². The zero-order chi connectivity index (χ0) is 13.3. The molecule has 0 atom stereocenters. The molecule has 1 aromatic heterocycles. The summed E-state index contributed by atoms with van der Waals surface area (Å²) in [7, 11) is 2.11. The number of nitrogens with zero attached hydrogens (tertiary/aromatic N) is 2. The summed E-state index contributed by atoms with van der Waals surface area (Å²) >= 11 is 1.88. The molecule has 2 heterocycles. The van der Waals surface area contributed by atoms with Crippen molar-refractivity contribution in [3.63, 3.8) is 0 Å². The molecule has 1 aliphatic heterocycles. The predicted molar refractivity (Wildman–Crippen MR) is 75.4 cm³/mol. The maximum atomic E-state index is 9.46. The molecule has 1 fully saturated rings. The van der Waals surface area contributed by atoms with Gasteiger partial charge in [0.05, 0.1) is 37.5 Å². The van der Waals surface area contributed by atoms with Gasteiger partial charge in [0, 0.05) is 11.4 Å². The van der Waals surface area contributed by atoms with Crippen LogP contribution in [0.1, 0.15) is 28.4 Å². The Morgan fingerprint density at radius 1 is 1.37 bits per heavy atom. The Hall–Kier alpha value is -0.490. The van der Waals surface area contributed by atoms with Crippen LogP contribution >= 0.6 is 11.3 Å². The molecule has 4 nitrogen and oxygen atoms in total. The van der Waals surface area contributed by atoms with E-state index in [-0.39, 0.29) is 12.0 Å². The van der Waals surface area contributed by atoms with Crippen LogP contribution in [0.4, 0.5) is 0 Å². The van der Waals surface area contributed by atoms with Gasteiger partial charge in [-0.25, -0.2) is 4.98 Å². The second kappa shape index (κ2) is 5.48. The summed E-state index contributed by atoms with van der Waals surface area (Å²) in [6.45, 7) is 3.35. The minimum Gasteiger partial charge on any atom is -0.396 e. The Morgan fingerprint density at radius 2 is 2.16 bits per heavy atom. The smallest absolute Gasteiger partial charge is 0.107 e. The molecule has 1 aliphatic carbocycles. The maximum Gasteiger partial charge on any atom is 0.107 e. The lowest BCUT2D eigenvalue weighted by atomic mass is 9.86. The van der Waals surface area contributed by atoms with E-state index in [4.69, 9.17) is 9.72 Å². The van der Waals surface area contributed by atoms with Gasteiger partial charge in [-0.05, 0) is 32.7 Å². The lowest BCUT2D eigenvalue weighted by molar-refractivity contribution is -0.147. The second-order valence-corrected chi connectivity index (χ2v) is 7.18. The Labute approximate surface area is 118 Å². The Kier molecular flexibility index (Phi) is 3.89. The number of thiazole rings is 1. The van der Waals surface area contributed by atoms with Crippen LogP contribution in [0.2, 0.25) is 0 Å². The molecule has 1 aromatic rings. The standard InChI is InChI=1S/C14H22N2O2S/c1-16(7-14(8-17)9-18-10-14)6-13-15-11-4-2-3-5-12(11)19-13/h17H,2-10H2,1H3. The SMILES string of the molecule is CN(Cc1nc2c(s1)CCCC2)CC1(CO)COC1. The molecular formula is C14H22N2O2S. The number of aromatic nitrogens is 1.